The largest absolute Gasteiger partial charge is 0.361 e. The summed E-state index contributed by atoms with van der Waals surface area (Å²) in [6.07, 6.45) is 0. The van der Waals surface area contributed by atoms with Gasteiger partial charge in [-0.1, -0.05) is 23.4 Å². The van der Waals surface area contributed by atoms with Gasteiger partial charge in [0.15, 0.2) is 0 Å². The number of hydrogen-bond acceptors (Lipinski definition) is 6. The van der Waals surface area contributed by atoms with E-state index in [0.717, 1.165) is 21.9 Å². The number of nitrogens with one attached hydrogen (secondary N) is 1. The molecule has 144 valence electrons. The molecule has 2 aromatic carbocycles. The second-order valence-electron chi connectivity index (χ2n) is 6.30. The van der Waals surface area contributed by atoms with Gasteiger partial charge in [-0.05, 0) is 39.0 Å². The number of carbonyl (C=O) groups is 1. The lowest BCUT2D eigenvalue weighted by molar-refractivity contribution is -0.385. The number of anilines is 1. The van der Waals surface area contributed by atoms with Gasteiger partial charge in [0.2, 0.25) is 0 Å². The van der Waals surface area contributed by atoms with E-state index in [4.69, 9.17) is 4.52 Å². The zero-order valence-corrected chi connectivity index (χ0v) is 16.5. The standard InChI is InChI=1S/C20H19N3O4S/c1-12-8-9-15(10-18(12)23(25)26)21-20(24)16-6-4-5-7-19(16)28-11-17-13(2)22-27-14(17)3/h4-10H,11H2,1-3H3,(H,21,24). The molecule has 3 rings (SSSR count). The normalized spacial score (nSPS) is 10.7. The van der Waals surface area contributed by atoms with Gasteiger partial charge in [0, 0.05) is 33.5 Å². The summed E-state index contributed by atoms with van der Waals surface area (Å²) in [6.45, 7) is 5.40. The van der Waals surface area contributed by atoms with Crippen LogP contribution < -0.4 is 5.32 Å². The number of aryl methyl sites for hydroxylation is 3. The van der Waals surface area contributed by atoms with Crippen LogP contribution in [0.4, 0.5) is 11.4 Å². The minimum absolute atomic E-state index is 0.0288. The van der Waals surface area contributed by atoms with Crippen LogP contribution in [0, 0.1) is 30.9 Å². The average Bonchev–Trinajstić information content (AvgIpc) is 2.99. The van der Waals surface area contributed by atoms with E-state index in [1.165, 1.54) is 17.8 Å². The van der Waals surface area contributed by atoms with Crippen molar-refractivity contribution >= 4 is 29.0 Å². The van der Waals surface area contributed by atoms with Crippen LogP contribution in [-0.2, 0) is 5.75 Å². The van der Waals surface area contributed by atoms with Gasteiger partial charge in [0.25, 0.3) is 11.6 Å². The molecule has 0 aliphatic rings. The van der Waals surface area contributed by atoms with Gasteiger partial charge >= 0.3 is 0 Å². The Morgan fingerprint density at radius 1 is 1.21 bits per heavy atom. The lowest BCUT2D eigenvalue weighted by atomic mass is 10.1. The third kappa shape index (κ3) is 4.23. The van der Waals surface area contributed by atoms with Gasteiger partial charge < -0.3 is 9.84 Å². The summed E-state index contributed by atoms with van der Waals surface area (Å²) in [4.78, 5) is 24.2. The summed E-state index contributed by atoms with van der Waals surface area (Å²) < 4.78 is 5.18. The Morgan fingerprint density at radius 3 is 2.64 bits per heavy atom. The van der Waals surface area contributed by atoms with Crippen LogP contribution in [0.1, 0.15) is 32.9 Å². The fraction of sp³-hybridized carbons (Fsp3) is 0.200. The third-order valence-corrected chi connectivity index (χ3v) is 5.45. The molecule has 3 aromatic rings. The van der Waals surface area contributed by atoms with E-state index >= 15 is 0 Å². The van der Waals surface area contributed by atoms with Crippen LogP contribution in [0.3, 0.4) is 0 Å². The zero-order valence-electron chi connectivity index (χ0n) is 15.7. The number of carbonyl (C=O) groups excluding carboxylic acids is 1. The van der Waals surface area contributed by atoms with Crippen molar-refractivity contribution in [3.63, 3.8) is 0 Å². The number of thioether (sulfide) groups is 1. The molecule has 0 unspecified atom stereocenters. The maximum absolute atomic E-state index is 12.8. The Labute approximate surface area is 166 Å². The Bertz CT molecular complexity index is 1030. The maximum atomic E-state index is 12.8. The molecule has 1 amide bonds. The minimum atomic E-state index is -0.460. The topological polar surface area (TPSA) is 98.3 Å². The molecular formula is C20H19N3O4S. The lowest BCUT2D eigenvalue weighted by Gasteiger charge is -2.10. The Balaban J connectivity index is 1.79. The molecule has 28 heavy (non-hydrogen) atoms. The van der Waals surface area contributed by atoms with Gasteiger partial charge in [-0.25, -0.2) is 0 Å². The first kappa shape index (κ1) is 19.6. The van der Waals surface area contributed by atoms with Gasteiger partial charge in [-0.15, -0.1) is 11.8 Å². The molecule has 0 radical (unpaired) electrons. The molecule has 0 aliphatic heterocycles. The first-order valence-corrected chi connectivity index (χ1v) is 9.55. The third-order valence-electron chi connectivity index (χ3n) is 4.35. The van der Waals surface area contributed by atoms with E-state index in [1.54, 1.807) is 31.2 Å². The molecule has 1 heterocycles. The van der Waals surface area contributed by atoms with Crippen molar-refractivity contribution in [3.05, 3.63) is 80.7 Å². The number of nitro benzene ring substituents is 1. The van der Waals surface area contributed by atoms with Crippen molar-refractivity contribution < 1.29 is 14.2 Å². The second kappa shape index (κ2) is 8.26. The molecule has 0 saturated carbocycles. The Morgan fingerprint density at radius 2 is 1.96 bits per heavy atom. The fourth-order valence-corrected chi connectivity index (χ4v) is 3.92. The maximum Gasteiger partial charge on any atom is 0.274 e. The van der Waals surface area contributed by atoms with Gasteiger partial charge in [0.1, 0.15) is 5.76 Å². The highest BCUT2D eigenvalue weighted by Crippen LogP contribution is 2.30. The molecular weight excluding hydrogens is 378 g/mol. The smallest absolute Gasteiger partial charge is 0.274 e. The fourth-order valence-electron chi connectivity index (χ4n) is 2.72. The molecule has 0 bridgehead atoms. The van der Waals surface area contributed by atoms with E-state index in [9.17, 15) is 14.9 Å². The predicted octanol–water partition coefficient (Wildman–Crippen LogP) is 5.05. The average molecular weight is 397 g/mol. The summed E-state index contributed by atoms with van der Waals surface area (Å²) in [6, 6.07) is 11.9. The lowest BCUT2D eigenvalue weighted by Crippen LogP contribution is -2.13. The molecule has 1 N–H and O–H groups in total. The molecule has 1 aromatic heterocycles. The number of hydrogen-bond donors (Lipinski definition) is 1. The number of nitrogens with zero attached hydrogens (tertiary/aromatic N) is 2. The zero-order chi connectivity index (χ0) is 20.3. The van der Waals surface area contributed by atoms with Gasteiger partial charge in [-0.3, -0.25) is 14.9 Å². The molecule has 8 heteroatoms. The van der Waals surface area contributed by atoms with Gasteiger partial charge in [-0.2, -0.15) is 0 Å². The second-order valence-corrected chi connectivity index (χ2v) is 7.32. The Hall–Kier alpha value is -3.13. The molecule has 0 aliphatic carbocycles. The SMILES string of the molecule is Cc1ccc(NC(=O)c2ccccc2SCc2c(C)noc2C)cc1[N+](=O)[O-]. The monoisotopic (exact) mass is 397 g/mol. The molecule has 0 fully saturated rings. The van der Waals surface area contributed by atoms with Crippen LogP contribution in [0.25, 0.3) is 0 Å². The number of amides is 1. The first-order valence-electron chi connectivity index (χ1n) is 8.56. The van der Waals surface area contributed by atoms with Crippen LogP contribution in [0.5, 0.6) is 0 Å². The van der Waals surface area contributed by atoms with E-state index < -0.39 is 4.92 Å². The number of aromatic nitrogens is 1. The van der Waals surface area contributed by atoms with Crippen molar-refractivity contribution in [1.82, 2.24) is 5.16 Å². The van der Waals surface area contributed by atoms with E-state index in [2.05, 4.69) is 10.5 Å². The molecule has 0 atom stereocenters. The summed E-state index contributed by atoms with van der Waals surface area (Å²) in [5, 5.41) is 17.8. The van der Waals surface area contributed by atoms with Gasteiger partial charge in [0.05, 0.1) is 16.2 Å². The minimum Gasteiger partial charge on any atom is -0.361 e. The van der Waals surface area contributed by atoms with Crippen molar-refractivity contribution in [3.8, 4) is 0 Å². The van der Waals surface area contributed by atoms with E-state index in [-0.39, 0.29) is 11.6 Å². The molecule has 7 nitrogen and oxygen atoms in total. The highest BCUT2D eigenvalue weighted by atomic mass is 32.2. The first-order chi connectivity index (χ1) is 13.4. The van der Waals surface area contributed by atoms with E-state index in [0.29, 0.717) is 22.6 Å². The summed E-state index contributed by atoms with van der Waals surface area (Å²) >= 11 is 1.51. The quantitative estimate of drug-likeness (QED) is 0.355. The number of nitro groups is 1. The highest BCUT2D eigenvalue weighted by Gasteiger charge is 2.16. The van der Waals surface area contributed by atoms with Crippen molar-refractivity contribution in [2.24, 2.45) is 0 Å². The van der Waals surface area contributed by atoms with Crippen molar-refractivity contribution in [1.29, 1.82) is 0 Å². The number of rotatable bonds is 6. The highest BCUT2D eigenvalue weighted by molar-refractivity contribution is 7.98. The Kier molecular flexibility index (Phi) is 5.79. The molecule has 0 spiro atoms. The van der Waals surface area contributed by atoms with Crippen molar-refractivity contribution in [2.45, 2.75) is 31.4 Å². The summed E-state index contributed by atoms with van der Waals surface area (Å²) in [7, 11) is 0. The van der Waals surface area contributed by atoms with Crippen LogP contribution in [0.15, 0.2) is 51.9 Å². The van der Waals surface area contributed by atoms with E-state index in [1.807, 2.05) is 26.0 Å². The molecule has 0 saturated heterocycles. The van der Waals surface area contributed by atoms with Crippen LogP contribution in [-0.4, -0.2) is 16.0 Å². The summed E-state index contributed by atoms with van der Waals surface area (Å²) in [5.41, 5.74) is 3.24. The number of benzene rings is 2. The van der Waals surface area contributed by atoms with Crippen LogP contribution in [0.2, 0.25) is 0 Å². The van der Waals surface area contributed by atoms with Crippen molar-refractivity contribution in [2.75, 3.05) is 5.32 Å². The summed E-state index contributed by atoms with van der Waals surface area (Å²) in [5.74, 6) is 1.07. The van der Waals surface area contributed by atoms with Crippen LogP contribution >= 0.6 is 11.8 Å². The predicted molar refractivity (Wildman–Crippen MR) is 108 cm³/mol.